The predicted octanol–water partition coefficient (Wildman–Crippen LogP) is 1.68. The van der Waals surface area contributed by atoms with Crippen molar-refractivity contribution in [1.82, 2.24) is 4.90 Å². The molecule has 0 aromatic carbocycles. The van der Waals surface area contributed by atoms with Gasteiger partial charge in [-0.2, -0.15) is 0 Å². The van der Waals surface area contributed by atoms with Crippen LogP contribution in [0.25, 0.3) is 0 Å². The third-order valence-electron chi connectivity index (χ3n) is 0.809. The van der Waals surface area contributed by atoms with Crippen LogP contribution in [0.2, 0.25) is 0 Å². The van der Waals surface area contributed by atoms with Crippen LogP contribution in [-0.4, -0.2) is 23.9 Å². The Morgan fingerprint density at radius 3 is 2.29 bits per heavy atom. The number of hydrogen-bond acceptors (Lipinski definition) is 1. The van der Waals surface area contributed by atoms with Gasteiger partial charge in [0.1, 0.15) is 0 Å². The van der Waals surface area contributed by atoms with Crippen molar-refractivity contribution in [1.29, 1.82) is 0 Å². The molecule has 0 heterocycles. The van der Waals surface area contributed by atoms with E-state index in [9.17, 15) is 0 Å². The molecule has 0 aromatic heterocycles. The number of nitrogens with zero attached hydrogens (tertiary/aromatic N) is 1. The molecule has 0 aliphatic rings. The Kier molecular flexibility index (Phi) is 4.88. The summed E-state index contributed by atoms with van der Waals surface area (Å²) in [5.41, 5.74) is 0.987. The zero-order chi connectivity index (χ0) is 5.70. The first kappa shape index (κ1) is 7.44. The number of alkyl halides is 1. The summed E-state index contributed by atoms with van der Waals surface area (Å²) in [6.07, 6.45) is 1.24. The molecule has 0 aliphatic heterocycles. The Morgan fingerprint density at radius 2 is 2.14 bits per heavy atom. The average Bonchev–Trinajstić information content (AvgIpc) is 1.68. The lowest BCUT2D eigenvalue weighted by atomic mass is 10.5. The molecule has 0 spiro atoms. The molecule has 0 atom stereocenters. The molecule has 0 radical (unpaired) electrons. The van der Waals surface area contributed by atoms with Gasteiger partial charge in [0, 0.05) is 0 Å². The maximum atomic E-state index is 3.34. The van der Waals surface area contributed by atoms with Gasteiger partial charge < -0.3 is 0 Å². The first-order valence-electron chi connectivity index (χ1n) is 2.55. The van der Waals surface area contributed by atoms with Crippen LogP contribution < -0.4 is 0 Å². The molecule has 2 heteroatoms. The van der Waals surface area contributed by atoms with E-state index < -0.39 is 0 Å². The van der Waals surface area contributed by atoms with Crippen LogP contribution in [0.15, 0.2) is 0 Å². The van der Waals surface area contributed by atoms with E-state index in [2.05, 4.69) is 34.8 Å². The van der Waals surface area contributed by atoms with Crippen LogP contribution in [0.1, 0.15) is 13.3 Å². The molecule has 44 valence electrons. The van der Waals surface area contributed by atoms with Crippen molar-refractivity contribution in [3.63, 3.8) is 0 Å². The Labute approximate surface area is 53.8 Å². The maximum absolute atomic E-state index is 3.34. The topological polar surface area (TPSA) is 3.24 Å². The van der Waals surface area contributed by atoms with Gasteiger partial charge in [-0.1, -0.05) is 22.9 Å². The van der Waals surface area contributed by atoms with Gasteiger partial charge in [0.2, 0.25) is 0 Å². The Bertz CT molecular complexity index is 39.1. The minimum absolute atomic E-state index is 0.987. The molecular weight excluding hydrogens is 154 g/mol. The molecular formula is C5H12BrN. The van der Waals surface area contributed by atoms with Gasteiger partial charge in [-0.25, -0.2) is 0 Å². The van der Waals surface area contributed by atoms with Gasteiger partial charge in [0.25, 0.3) is 0 Å². The number of halogens is 1. The molecule has 0 unspecified atom stereocenters. The molecule has 0 bridgehead atoms. The normalized spacial score (nSPS) is 10.3. The van der Waals surface area contributed by atoms with Gasteiger partial charge in [-0.3, -0.25) is 4.90 Å². The van der Waals surface area contributed by atoms with Gasteiger partial charge in [0.05, 0.1) is 5.45 Å². The first-order chi connectivity index (χ1) is 3.31. The van der Waals surface area contributed by atoms with Crippen LogP contribution in [-0.2, 0) is 0 Å². The lowest BCUT2D eigenvalue weighted by Crippen LogP contribution is -2.15. The summed E-state index contributed by atoms with van der Waals surface area (Å²) in [4.78, 5) is 2.22. The highest BCUT2D eigenvalue weighted by Gasteiger charge is 1.87. The minimum atomic E-state index is 0.987. The smallest absolute Gasteiger partial charge is 0.0539 e. The Morgan fingerprint density at radius 1 is 1.57 bits per heavy atom. The number of rotatable bonds is 3. The van der Waals surface area contributed by atoms with Crippen LogP contribution in [0.5, 0.6) is 0 Å². The van der Waals surface area contributed by atoms with E-state index >= 15 is 0 Å². The van der Waals surface area contributed by atoms with Crippen molar-refractivity contribution < 1.29 is 0 Å². The van der Waals surface area contributed by atoms with Crippen molar-refractivity contribution in [3.8, 4) is 0 Å². The predicted molar refractivity (Wildman–Crippen MR) is 36.7 cm³/mol. The second-order valence-electron chi connectivity index (χ2n) is 1.70. The third kappa shape index (κ3) is 4.29. The van der Waals surface area contributed by atoms with Gasteiger partial charge >= 0.3 is 0 Å². The van der Waals surface area contributed by atoms with Crippen molar-refractivity contribution in [2.75, 3.05) is 19.0 Å². The van der Waals surface area contributed by atoms with E-state index in [0.29, 0.717) is 0 Å². The lowest BCUT2D eigenvalue weighted by molar-refractivity contribution is 0.396. The molecule has 1 nitrogen and oxygen atoms in total. The highest BCUT2D eigenvalue weighted by Crippen LogP contribution is 1.88. The monoisotopic (exact) mass is 165 g/mol. The zero-order valence-corrected chi connectivity index (χ0v) is 6.53. The van der Waals surface area contributed by atoms with E-state index in [0.717, 1.165) is 5.45 Å². The van der Waals surface area contributed by atoms with Crippen LogP contribution in [0, 0.1) is 0 Å². The SMILES string of the molecule is CCCN(C)CBr. The molecule has 0 N–H and O–H groups in total. The quantitative estimate of drug-likeness (QED) is 0.455. The Balaban J connectivity index is 2.83. The van der Waals surface area contributed by atoms with Gasteiger partial charge in [-0.15, -0.1) is 0 Å². The molecule has 0 rings (SSSR count). The third-order valence-corrected chi connectivity index (χ3v) is 1.67. The largest absolute Gasteiger partial charge is 0.297 e. The van der Waals surface area contributed by atoms with Crippen molar-refractivity contribution in [3.05, 3.63) is 0 Å². The summed E-state index contributed by atoms with van der Waals surface area (Å²) >= 11 is 3.34. The lowest BCUT2D eigenvalue weighted by Gasteiger charge is -2.08. The van der Waals surface area contributed by atoms with Crippen molar-refractivity contribution in [2.45, 2.75) is 13.3 Å². The standard InChI is InChI=1S/C5H12BrN/c1-3-4-7(2)5-6/h3-5H2,1-2H3. The molecule has 0 aliphatic carbocycles. The summed E-state index contributed by atoms with van der Waals surface area (Å²) < 4.78 is 0. The number of hydrogen-bond donors (Lipinski definition) is 0. The fourth-order valence-corrected chi connectivity index (χ4v) is 0.692. The summed E-state index contributed by atoms with van der Waals surface area (Å²) in [5.74, 6) is 0. The summed E-state index contributed by atoms with van der Waals surface area (Å²) in [5, 5.41) is 0. The Hall–Kier alpha value is 0.440. The molecule has 0 saturated heterocycles. The van der Waals surface area contributed by atoms with E-state index in [-0.39, 0.29) is 0 Å². The molecule has 7 heavy (non-hydrogen) atoms. The average molecular weight is 166 g/mol. The summed E-state index contributed by atoms with van der Waals surface area (Å²) in [7, 11) is 2.10. The second kappa shape index (κ2) is 4.60. The van der Waals surface area contributed by atoms with E-state index in [1.165, 1.54) is 13.0 Å². The fraction of sp³-hybridized carbons (Fsp3) is 1.00. The van der Waals surface area contributed by atoms with E-state index in [4.69, 9.17) is 0 Å². The van der Waals surface area contributed by atoms with Crippen molar-refractivity contribution >= 4 is 15.9 Å². The fourth-order valence-electron chi connectivity index (χ4n) is 0.441. The van der Waals surface area contributed by atoms with Gasteiger partial charge in [0.15, 0.2) is 0 Å². The van der Waals surface area contributed by atoms with Gasteiger partial charge in [-0.05, 0) is 20.0 Å². The zero-order valence-electron chi connectivity index (χ0n) is 4.95. The van der Waals surface area contributed by atoms with Crippen LogP contribution in [0.3, 0.4) is 0 Å². The van der Waals surface area contributed by atoms with Crippen LogP contribution >= 0.6 is 15.9 Å². The highest BCUT2D eigenvalue weighted by molar-refractivity contribution is 9.09. The first-order valence-corrected chi connectivity index (χ1v) is 3.68. The molecule has 0 aromatic rings. The van der Waals surface area contributed by atoms with Crippen LogP contribution in [0.4, 0.5) is 0 Å². The summed E-state index contributed by atoms with van der Waals surface area (Å²) in [6, 6.07) is 0. The highest BCUT2D eigenvalue weighted by atomic mass is 79.9. The molecule has 0 amide bonds. The van der Waals surface area contributed by atoms with E-state index in [1.807, 2.05) is 0 Å². The maximum Gasteiger partial charge on any atom is 0.0539 e. The van der Waals surface area contributed by atoms with Crippen molar-refractivity contribution in [2.24, 2.45) is 0 Å². The molecule has 0 fully saturated rings. The summed E-state index contributed by atoms with van der Waals surface area (Å²) in [6.45, 7) is 3.37. The second-order valence-corrected chi connectivity index (χ2v) is 2.20. The minimum Gasteiger partial charge on any atom is -0.297 e. The van der Waals surface area contributed by atoms with E-state index in [1.54, 1.807) is 0 Å². The molecule has 0 saturated carbocycles.